The van der Waals surface area contributed by atoms with Crippen molar-refractivity contribution in [3.8, 4) is 17.2 Å². The first-order valence-electron chi connectivity index (χ1n) is 11.3. The Bertz CT molecular complexity index is 1300. The van der Waals surface area contributed by atoms with E-state index < -0.39 is 6.10 Å². The average Bonchev–Trinajstić information content (AvgIpc) is 2.99. The molecule has 3 aromatic rings. The minimum Gasteiger partial charge on any atom is -0.493 e. The number of hydrogen-bond acceptors (Lipinski definition) is 5. The minimum absolute atomic E-state index is 0.104. The van der Waals surface area contributed by atoms with Gasteiger partial charge in [-0.3, -0.25) is 9.59 Å². The summed E-state index contributed by atoms with van der Waals surface area (Å²) in [5, 5.41) is 3.55. The van der Waals surface area contributed by atoms with E-state index in [4.69, 9.17) is 37.4 Å². The molecule has 2 amide bonds. The molecule has 1 aliphatic heterocycles. The van der Waals surface area contributed by atoms with Crippen LogP contribution in [0.5, 0.6) is 17.2 Å². The van der Waals surface area contributed by atoms with Crippen molar-refractivity contribution in [2.75, 3.05) is 26.1 Å². The number of nitrogens with one attached hydrogen (secondary N) is 1. The summed E-state index contributed by atoms with van der Waals surface area (Å²) in [6.07, 6.45) is -0.00431. The van der Waals surface area contributed by atoms with Gasteiger partial charge in [-0.05, 0) is 67.4 Å². The fraction of sp³-hybridized carbons (Fsp3) is 0.259. The van der Waals surface area contributed by atoms with E-state index in [1.54, 1.807) is 50.3 Å². The molecular formula is C27H26Cl2N2O5. The summed E-state index contributed by atoms with van der Waals surface area (Å²) in [7, 11) is 3.18. The average molecular weight is 529 g/mol. The zero-order valence-corrected chi connectivity index (χ0v) is 21.7. The number of nitrogens with zero attached hydrogens (tertiary/aromatic N) is 1. The molecule has 0 bridgehead atoms. The van der Waals surface area contributed by atoms with Crippen LogP contribution in [0, 0.1) is 0 Å². The third kappa shape index (κ3) is 5.69. The van der Waals surface area contributed by atoms with Crippen LogP contribution >= 0.6 is 23.2 Å². The Morgan fingerprint density at radius 1 is 1.03 bits per heavy atom. The molecule has 0 saturated carbocycles. The molecule has 9 heteroatoms. The van der Waals surface area contributed by atoms with Gasteiger partial charge in [0.15, 0.2) is 17.6 Å². The number of hydrogen-bond donors (Lipinski definition) is 1. The maximum atomic E-state index is 13.0. The lowest BCUT2D eigenvalue weighted by Crippen LogP contribution is -2.39. The van der Waals surface area contributed by atoms with Crippen molar-refractivity contribution in [3.63, 3.8) is 0 Å². The van der Waals surface area contributed by atoms with Gasteiger partial charge in [0, 0.05) is 29.9 Å². The number of anilines is 1. The summed E-state index contributed by atoms with van der Waals surface area (Å²) in [5.74, 6) is 1.47. The van der Waals surface area contributed by atoms with Crippen molar-refractivity contribution in [1.82, 2.24) is 4.90 Å². The van der Waals surface area contributed by atoms with E-state index in [1.807, 2.05) is 24.3 Å². The normalized spacial score (nSPS) is 15.0. The Kier molecular flexibility index (Phi) is 7.91. The van der Waals surface area contributed by atoms with Gasteiger partial charge in [-0.1, -0.05) is 29.3 Å². The van der Waals surface area contributed by atoms with E-state index in [0.717, 1.165) is 11.1 Å². The zero-order valence-electron chi connectivity index (χ0n) is 20.1. The number of fused-ring (bicyclic) bond motifs is 1. The minimum atomic E-state index is -0.631. The van der Waals surface area contributed by atoms with Crippen molar-refractivity contribution < 1.29 is 23.8 Å². The Morgan fingerprint density at radius 3 is 2.53 bits per heavy atom. The van der Waals surface area contributed by atoms with Crippen LogP contribution in [0.25, 0.3) is 0 Å². The number of benzene rings is 3. The molecule has 0 spiro atoms. The molecule has 0 aliphatic carbocycles. The van der Waals surface area contributed by atoms with Crippen molar-refractivity contribution in [1.29, 1.82) is 0 Å². The Balaban J connectivity index is 1.50. The molecule has 188 valence electrons. The summed E-state index contributed by atoms with van der Waals surface area (Å²) in [6.45, 7) is 2.57. The number of methoxy groups -OCH3 is 2. The van der Waals surface area contributed by atoms with Gasteiger partial charge in [-0.2, -0.15) is 0 Å². The molecule has 1 aliphatic rings. The SMILES string of the molecule is COc1ccc(CCN2Cc3cc(NC(=O)c4ccc(Cl)c(Cl)c4)ccc3O[C@H](C)C2=O)cc1OC. The summed E-state index contributed by atoms with van der Waals surface area (Å²) in [5.41, 5.74) is 2.78. The predicted octanol–water partition coefficient (Wildman–Crippen LogP) is 5.62. The van der Waals surface area contributed by atoms with Crippen LogP contribution in [0.3, 0.4) is 0 Å². The number of rotatable bonds is 7. The molecule has 1 N–H and O–H groups in total. The van der Waals surface area contributed by atoms with Crippen molar-refractivity contribution in [2.24, 2.45) is 0 Å². The molecule has 1 atom stereocenters. The van der Waals surface area contributed by atoms with E-state index in [9.17, 15) is 9.59 Å². The van der Waals surface area contributed by atoms with Crippen molar-refractivity contribution in [3.05, 3.63) is 81.3 Å². The Morgan fingerprint density at radius 2 is 1.81 bits per heavy atom. The molecular weight excluding hydrogens is 503 g/mol. The van der Waals surface area contributed by atoms with E-state index in [-0.39, 0.29) is 11.8 Å². The van der Waals surface area contributed by atoms with Gasteiger partial charge in [0.05, 0.1) is 24.3 Å². The maximum absolute atomic E-state index is 13.0. The second kappa shape index (κ2) is 11.1. The first-order chi connectivity index (χ1) is 17.3. The first-order valence-corrected chi connectivity index (χ1v) is 12.1. The lowest BCUT2D eigenvalue weighted by atomic mass is 10.1. The standard InChI is InChI=1S/C27H26Cl2N2O5/c1-16-27(33)31(11-10-17-4-8-24(34-2)25(12-17)35-3)15-19-13-20(6-9-23(19)36-16)30-26(32)18-5-7-21(28)22(29)14-18/h4-9,12-14,16H,10-11,15H2,1-3H3,(H,30,32)/t16-/m1/s1. The first kappa shape index (κ1) is 25.7. The van der Waals surface area contributed by atoms with Crippen molar-refractivity contribution in [2.45, 2.75) is 26.0 Å². The highest BCUT2D eigenvalue weighted by molar-refractivity contribution is 6.42. The summed E-state index contributed by atoms with van der Waals surface area (Å²) in [4.78, 5) is 27.5. The molecule has 1 heterocycles. The van der Waals surface area contributed by atoms with E-state index >= 15 is 0 Å². The third-order valence-electron chi connectivity index (χ3n) is 5.94. The van der Waals surface area contributed by atoms with E-state index in [2.05, 4.69) is 5.32 Å². The fourth-order valence-electron chi connectivity index (χ4n) is 4.01. The van der Waals surface area contributed by atoms with E-state index in [0.29, 0.717) is 58.1 Å². The topological polar surface area (TPSA) is 77.1 Å². The van der Waals surface area contributed by atoms with Crippen LogP contribution < -0.4 is 19.5 Å². The van der Waals surface area contributed by atoms with E-state index in [1.165, 1.54) is 6.07 Å². The Labute approximate surface area is 219 Å². The number of amides is 2. The van der Waals surface area contributed by atoms with Gasteiger partial charge in [-0.25, -0.2) is 0 Å². The third-order valence-corrected chi connectivity index (χ3v) is 6.68. The van der Waals surface area contributed by atoms with Crippen LogP contribution in [0.4, 0.5) is 5.69 Å². The second-order valence-corrected chi connectivity index (χ2v) is 9.18. The summed E-state index contributed by atoms with van der Waals surface area (Å²) >= 11 is 12.0. The molecule has 4 rings (SSSR count). The Hall–Kier alpha value is -3.42. The zero-order chi connectivity index (χ0) is 25.8. The van der Waals surface area contributed by atoms with Crippen molar-refractivity contribution >= 4 is 40.7 Å². The van der Waals surface area contributed by atoms with Crippen LogP contribution in [-0.4, -0.2) is 43.6 Å². The second-order valence-electron chi connectivity index (χ2n) is 8.36. The molecule has 0 radical (unpaired) electrons. The van der Waals surface area contributed by atoms with Crippen LogP contribution in [0.1, 0.15) is 28.4 Å². The van der Waals surface area contributed by atoms with Gasteiger partial charge in [0.25, 0.3) is 11.8 Å². The summed E-state index contributed by atoms with van der Waals surface area (Å²) in [6, 6.07) is 15.7. The highest BCUT2D eigenvalue weighted by Crippen LogP contribution is 2.31. The van der Waals surface area contributed by atoms with Gasteiger partial charge in [-0.15, -0.1) is 0 Å². The molecule has 7 nitrogen and oxygen atoms in total. The molecule has 0 aromatic heterocycles. The monoisotopic (exact) mass is 528 g/mol. The maximum Gasteiger partial charge on any atom is 0.263 e. The van der Waals surface area contributed by atoms with Gasteiger partial charge >= 0.3 is 0 Å². The molecule has 3 aromatic carbocycles. The largest absolute Gasteiger partial charge is 0.493 e. The highest BCUT2D eigenvalue weighted by Gasteiger charge is 2.28. The molecule has 0 fully saturated rings. The fourth-order valence-corrected chi connectivity index (χ4v) is 4.31. The van der Waals surface area contributed by atoms with Gasteiger partial charge in [0.1, 0.15) is 5.75 Å². The smallest absolute Gasteiger partial charge is 0.263 e. The number of halogens is 2. The van der Waals surface area contributed by atoms with Gasteiger partial charge in [0.2, 0.25) is 0 Å². The number of carbonyl (C=O) groups is 2. The number of ether oxygens (including phenoxy) is 3. The number of carbonyl (C=O) groups excluding carboxylic acids is 2. The quantitative estimate of drug-likeness (QED) is 0.430. The van der Waals surface area contributed by atoms with Crippen LogP contribution in [0.15, 0.2) is 54.6 Å². The predicted molar refractivity (Wildman–Crippen MR) is 140 cm³/mol. The van der Waals surface area contributed by atoms with Crippen LogP contribution in [0.2, 0.25) is 10.0 Å². The van der Waals surface area contributed by atoms with Crippen LogP contribution in [-0.2, 0) is 17.8 Å². The molecule has 0 saturated heterocycles. The lowest BCUT2D eigenvalue weighted by Gasteiger charge is -2.22. The molecule has 36 heavy (non-hydrogen) atoms. The summed E-state index contributed by atoms with van der Waals surface area (Å²) < 4.78 is 16.6. The highest BCUT2D eigenvalue weighted by atomic mass is 35.5. The van der Waals surface area contributed by atoms with Gasteiger partial charge < -0.3 is 24.4 Å². The molecule has 0 unspecified atom stereocenters. The lowest BCUT2D eigenvalue weighted by molar-refractivity contribution is -0.137.